The first kappa shape index (κ1) is 17.5. The molecule has 0 amide bonds. The second-order valence-corrected chi connectivity index (χ2v) is 6.14. The summed E-state index contributed by atoms with van der Waals surface area (Å²) in [5.41, 5.74) is 1.60. The van der Waals surface area contributed by atoms with E-state index in [0.29, 0.717) is 17.9 Å². The van der Waals surface area contributed by atoms with Crippen LogP contribution in [0.1, 0.15) is 40.1 Å². The van der Waals surface area contributed by atoms with Gasteiger partial charge >= 0.3 is 5.97 Å². The highest BCUT2D eigenvalue weighted by Crippen LogP contribution is 2.21. The third-order valence-corrected chi connectivity index (χ3v) is 3.90. The number of hydrogen-bond acceptors (Lipinski definition) is 4. The van der Waals surface area contributed by atoms with E-state index in [1.165, 1.54) is 6.92 Å². The summed E-state index contributed by atoms with van der Waals surface area (Å²) in [7, 11) is 0. The highest BCUT2D eigenvalue weighted by Gasteiger charge is 2.16. The van der Waals surface area contributed by atoms with Crippen LogP contribution in [0.25, 0.3) is 0 Å². The minimum Gasteiger partial charge on any atom is -0.489 e. The zero-order chi connectivity index (χ0) is 16.8. The van der Waals surface area contributed by atoms with Crippen LogP contribution in [0.15, 0.2) is 42.5 Å². The van der Waals surface area contributed by atoms with Crippen LogP contribution in [0.4, 0.5) is 0 Å². The number of halogens is 1. The normalized spacial score (nSPS) is 10.2. The average molecular weight is 424 g/mol. The molecule has 0 bridgehead atoms. The van der Waals surface area contributed by atoms with Gasteiger partial charge < -0.3 is 9.47 Å². The minimum absolute atomic E-state index is 0.183. The number of rotatable bonds is 6. The Morgan fingerprint density at radius 1 is 1.04 bits per heavy atom. The van der Waals surface area contributed by atoms with Gasteiger partial charge in [0.25, 0.3) is 0 Å². The Balaban J connectivity index is 2.19. The Bertz CT molecular complexity index is 707. The summed E-state index contributed by atoms with van der Waals surface area (Å²) in [6, 6.07) is 12.8. The van der Waals surface area contributed by atoms with Crippen molar-refractivity contribution >= 4 is 34.3 Å². The number of carbonyl (C=O) groups is 2. The van der Waals surface area contributed by atoms with Gasteiger partial charge in [0.05, 0.1) is 12.2 Å². The van der Waals surface area contributed by atoms with E-state index in [1.54, 1.807) is 25.1 Å². The van der Waals surface area contributed by atoms with Crippen LogP contribution >= 0.6 is 22.6 Å². The van der Waals surface area contributed by atoms with E-state index in [1.807, 2.05) is 24.3 Å². The SMILES string of the molecule is CCOC(=O)c1cc(OCc2ccc(I)cc2)ccc1C(C)=O. The molecule has 0 spiro atoms. The van der Waals surface area contributed by atoms with Gasteiger partial charge in [-0.3, -0.25) is 4.79 Å². The number of hydrogen-bond donors (Lipinski definition) is 0. The molecule has 0 fully saturated rings. The fourth-order valence-corrected chi connectivity index (χ4v) is 2.40. The molecule has 2 aromatic carbocycles. The molecule has 0 saturated heterocycles. The molecule has 0 aliphatic heterocycles. The molecule has 0 unspecified atom stereocenters. The lowest BCUT2D eigenvalue weighted by Crippen LogP contribution is -2.11. The molecule has 5 heteroatoms. The molecule has 0 radical (unpaired) electrons. The zero-order valence-electron chi connectivity index (χ0n) is 13.0. The monoisotopic (exact) mass is 424 g/mol. The predicted molar refractivity (Wildman–Crippen MR) is 95.9 cm³/mol. The fourth-order valence-electron chi connectivity index (χ4n) is 2.05. The highest BCUT2D eigenvalue weighted by molar-refractivity contribution is 14.1. The highest BCUT2D eigenvalue weighted by atomic mass is 127. The van der Waals surface area contributed by atoms with E-state index in [2.05, 4.69) is 22.6 Å². The molecule has 0 aromatic heterocycles. The van der Waals surface area contributed by atoms with E-state index in [4.69, 9.17) is 9.47 Å². The molecule has 2 rings (SSSR count). The van der Waals surface area contributed by atoms with Gasteiger partial charge in [0, 0.05) is 9.13 Å². The van der Waals surface area contributed by atoms with Gasteiger partial charge in [-0.05, 0) is 72.3 Å². The summed E-state index contributed by atoms with van der Waals surface area (Å²) in [4.78, 5) is 23.7. The Kier molecular flexibility index (Phi) is 6.15. The number of Topliss-reactive ketones (excluding diaryl/α,β-unsaturated/α-hetero) is 1. The summed E-state index contributed by atoms with van der Waals surface area (Å²) >= 11 is 2.24. The van der Waals surface area contributed by atoms with Crippen LogP contribution in [-0.4, -0.2) is 18.4 Å². The first-order chi connectivity index (χ1) is 11.0. The Morgan fingerprint density at radius 3 is 2.35 bits per heavy atom. The molecule has 0 saturated carbocycles. The Morgan fingerprint density at radius 2 is 1.74 bits per heavy atom. The Labute approximate surface area is 148 Å². The summed E-state index contributed by atoms with van der Waals surface area (Å²) < 4.78 is 11.9. The van der Waals surface area contributed by atoms with Crippen molar-refractivity contribution in [2.24, 2.45) is 0 Å². The zero-order valence-corrected chi connectivity index (χ0v) is 15.1. The lowest BCUT2D eigenvalue weighted by atomic mass is 10.0. The third kappa shape index (κ3) is 4.79. The standard InChI is InChI=1S/C18H17IO4/c1-3-22-18(21)17-10-15(8-9-16(17)12(2)20)23-11-13-4-6-14(19)7-5-13/h4-10H,3,11H2,1-2H3. The van der Waals surface area contributed by atoms with Crippen LogP contribution in [0.5, 0.6) is 5.75 Å². The largest absolute Gasteiger partial charge is 0.489 e. The van der Waals surface area contributed by atoms with Gasteiger partial charge in [-0.1, -0.05) is 12.1 Å². The van der Waals surface area contributed by atoms with Gasteiger partial charge in [0.2, 0.25) is 0 Å². The van der Waals surface area contributed by atoms with Crippen molar-refractivity contribution in [1.82, 2.24) is 0 Å². The van der Waals surface area contributed by atoms with Crippen molar-refractivity contribution in [2.75, 3.05) is 6.61 Å². The van der Waals surface area contributed by atoms with Crippen molar-refractivity contribution < 1.29 is 19.1 Å². The Hall–Kier alpha value is -1.89. The first-order valence-electron chi connectivity index (χ1n) is 7.20. The molecule has 0 aliphatic carbocycles. The third-order valence-electron chi connectivity index (χ3n) is 3.18. The molecule has 120 valence electrons. The van der Waals surface area contributed by atoms with Gasteiger partial charge in [-0.2, -0.15) is 0 Å². The van der Waals surface area contributed by atoms with E-state index >= 15 is 0 Å². The molecular formula is C18H17IO4. The molecule has 0 aliphatic rings. The molecule has 0 N–H and O–H groups in total. The van der Waals surface area contributed by atoms with Crippen LogP contribution in [0, 0.1) is 3.57 Å². The molecule has 4 nitrogen and oxygen atoms in total. The molecule has 2 aromatic rings. The molecule has 0 heterocycles. The summed E-state index contributed by atoms with van der Waals surface area (Å²) in [5.74, 6) is -0.175. The van der Waals surface area contributed by atoms with Gasteiger partial charge in [0.15, 0.2) is 5.78 Å². The molecule has 23 heavy (non-hydrogen) atoms. The number of esters is 1. The summed E-state index contributed by atoms with van der Waals surface area (Å²) in [5, 5.41) is 0. The van der Waals surface area contributed by atoms with Gasteiger partial charge in [-0.25, -0.2) is 4.79 Å². The van der Waals surface area contributed by atoms with Crippen LogP contribution in [-0.2, 0) is 11.3 Å². The van der Waals surface area contributed by atoms with E-state index < -0.39 is 5.97 Å². The van der Waals surface area contributed by atoms with Gasteiger partial charge in [-0.15, -0.1) is 0 Å². The number of ketones is 1. The number of benzene rings is 2. The predicted octanol–water partition coefficient (Wildman–Crippen LogP) is 4.25. The van der Waals surface area contributed by atoms with Crippen molar-refractivity contribution in [1.29, 1.82) is 0 Å². The van der Waals surface area contributed by atoms with E-state index in [9.17, 15) is 9.59 Å². The smallest absolute Gasteiger partial charge is 0.338 e. The quantitative estimate of drug-likeness (QED) is 0.395. The minimum atomic E-state index is -0.516. The van der Waals surface area contributed by atoms with Gasteiger partial charge in [0.1, 0.15) is 12.4 Å². The van der Waals surface area contributed by atoms with E-state index in [0.717, 1.165) is 9.13 Å². The van der Waals surface area contributed by atoms with Crippen LogP contribution in [0.2, 0.25) is 0 Å². The summed E-state index contributed by atoms with van der Waals surface area (Å²) in [6.07, 6.45) is 0. The van der Waals surface area contributed by atoms with Crippen molar-refractivity contribution in [2.45, 2.75) is 20.5 Å². The maximum absolute atomic E-state index is 12.0. The molecular weight excluding hydrogens is 407 g/mol. The molecule has 0 atom stereocenters. The van der Waals surface area contributed by atoms with Crippen molar-refractivity contribution in [3.63, 3.8) is 0 Å². The topological polar surface area (TPSA) is 52.6 Å². The van der Waals surface area contributed by atoms with Crippen LogP contribution in [0.3, 0.4) is 0 Å². The lowest BCUT2D eigenvalue weighted by Gasteiger charge is -2.11. The second-order valence-electron chi connectivity index (χ2n) is 4.90. The summed E-state index contributed by atoms with van der Waals surface area (Å²) in [6.45, 7) is 3.79. The van der Waals surface area contributed by atoms with Crippen LogP contribution < -0.4 is 4.74 Å². The van der Waals surface area contributed by atoms with E-state index in [-0.39, 0.29) is 18.0 Å². The number of ether oxygens (including phenoxy) is 2. The fraction of sp³-hybridized carbons (Fsp3) is 0.222. The number of carbonyl (C=O) groups excluding carboxylic acids is 2. The van der Waals surface area contributed by atoms with Crippen molar-refractivity contribution in [3.05, 3.63) is 62.7 Å². The maximum Gasteiger partial charge on any atom is 0.338 e. The van der Waals surface area contributed by atoms with Crippen molar-refractivity contribution in [3.8, 4) is 5.75 Å². The first-order valence-corrected chi connectivity index (χ1v) is 8.28. The maximum atomic E-state index is 12.0. The second kappa shape index (κ2) is 8.10. The average Bonchev–Trinajstić information content (AvgIpc) is 2.54. The lowest BCUT2D eigenvalue weighted by molar-refractivity contribution is 0.0522.